The van der Waals surface area contributed by atoms with Gasteiger partial charge in [-0.05, 0) is 49.8 Å². The number of hydrogen-bond donors (Lipinski definition) is 1. The fourth-order valence-electron chi connectivity index (χ4n) is 3.62. The van der Waals surface area contributed by atoms with Gasteiger partial charge in [-0.25, -0.2) is 4.98 Å². The number of pyridine rings is 1. The standard InChI is InChI=1S/C21H28ClN3O/c1-4-11-25(12-5-2)20-14-21(23-18-8-6-7-16(18)20)24-19-10-9-15(26-3)13-17(19)22/h9-10,13-14H,4-8,11-12H2,1-3H3,(H,23,24). The molecule has 1 aliphatic carbocycles. The molecule has 0 saturated heterocycles. The second-order valence-electron chi connectivity index (χ2n) is 6.76. The summed E-state index contributed by atoms with van der Waals surface area (Å²) in [5.41, 5.74) is 4.84. The van der Waals surface area contributed by atoms with Gasteiger partial charge in [-0.3, -0.25) is 0 Å². The van der Waals surface area contributed by atoms with Crippen molar-refractivity contribution in [2.45, 2.75) is 46.0 Å². The first-order valence-corrected chi connectivity index (χ1v) is 9.92. The number of benzene rings is 1. The van der Waals surface area contributed by atoms with Crippen LogP contribution < -0.4 is 15.0 Å². The van der Waals surface area contributed by atoms with E-state index in [1.807, 2.05) is 18.2 Å². The second-order valence-corrected chi connectivity index (χ2v) is 7.17. The number of fused-ring (bicyclic) bond motifs is 1. The molecule has 1 aliphatic rings. The maximum absolute atomic E-state index is 6.40. The average Bonchev–Trinajstić information content (AvgIpc) is 3.11. The van der Waals surface area contributed by atoms with Gasteiger partial charge in [0, 0.05) is 36.6 Å². The highest BCUT2D eigenvalue weighted by atomic mass is 35.5. The Balaban J connectivity index is 1.94. The van der Waals surface area contributed by atoms with Crippen molar-refractivity contribution in [2.75, 3.05) is 30.4 Å². The van der Waals surface area contributed by atoms with E-state index in [1.54, 1.807) is 7.11 Å². The summed E-state index contributed by atoms with van der Waals surface area (Å²) < 4.78 is 5.23. The number of halogens is 1. The van der Waals surface area contributed by atoms with E-state index in [4.69, 9.17) is 21.3 Å². The van der Waals surface area contributed by atoms with Crippen molar-refractivity contribution in [1.82, 2.24) is 4.98 Å². The van der Waals surface area contributed by atoms with Gasteiger partial charge in [0.25, 0.3) is 0 Å². The normalized spacial score (nSPS) is 12.8. The summed E-state index contributed by atoms with van der Waals surface area (Å²) in [6.45, 7) is 6.63. The molecule has 0 atom stereocenters. The largest absolute Gasteiger partial charge is 0.497 e. The fourth-order valence-corrected chi connectivity index (χ4v) is 3.84. The Morgan fingerprint density at radius 3 is 2.58 bits per heavy atom. The van der Waals surface area contributed by atoms with Crippen LogP contribution in [0.1, 0.15) is 44.4 Å². The van der Waals surface area contributed by atoms with E-state index in [2.05, 4.69) is 30.1 Å². The first-order chi connectivity index (χ1) is 12.7. The lowest BCUT2D eigenvalue weighted by atomic mass is 10.1. The van der Waals surface area contributed by atoms with E-state index in [9.17, 15) is 0 Å². The maximum Gasteiger partial charge on any atom is 0.132 e. The van der Waals surface area contributed by atoms with Crippen LogP contribution in [0.3, 0.4) is 0 Å². The lowest BCUT2D eigenvalue weighted by Gasteiger charge is -2.27. The van der Waals surface area contributed by atoms with Gasteiger partial charge in [-0.2, -0.15) is 0 Å². The van der Waals surface area contributed by atoms with Gasteiger partial charge in [0.05, 0.1) is 17.8 Å². The molecule has 1 aromatic carbocycles. The molecule has 1 aromatic heterocycles. The summed E-state index contributed by atoms with van der Waals surface area (Å²) >= 11 is 6.40. The molecule has 0 amide bonds. The van der Waals surface area contributed by atoms with E-state index in [-0.39, 0.29) is 0 Å². The van der Waals surface area contributed by atoms with Crippen LogP contribution in [-0.4, -0.2) is 25.2 Å². The minimum atomic E-state index is 0.632. The van der Waals surface area contributed by atoms with Crippen molar-refractivity contribution in [3.05, 3.63) is 40.5 Å². The van der Waals surface area contributed by atoms with E-state index in [0.717, 1.165) is 56.0 Å². The van der Waals surface area contributed by atoms with Crippen molar-refractivity contribution in [3.63, 3.8) is 0 Å². The Labute approximate surface area is 161 Å². The van der Waals surface area contributed by atoms with Gasteiger partial charge in [0.1, 0.15) is 11.6 Å². The number of nitrogens with zero attached hydrogens (tertiary/aromatic N) is 2. The molecule has 140 valence electrons. The van der Waals surface area contributed by atoms with Crippen molar-refractivity contribution in [1.29, 1.82) is 0 Å². The Kier molecular flexibility index (Phi) is 6.25. The molecule has 0 aliphatic heterocycles. The van der Waals surface area contributed by atoms with Crippen LogP contribution in [0.25, 0.3) is 0 Å². The third-order valence-electron chi connectivity index (χ3n) is 4.79. The smallest absolute Gasteiger partial charge is 0.132 e. The first kappa shape index (κ1) is 18.8. The molecule has 26 heavy (non-hydrogen) atoms. The van der Waals surface area contributed by atoms with Gasteiger partial charge in [0.15, 0.2) is 0 Å². The van der Waals surface area contributed by atoms with Crippen molar-refractivity contribution < 1.29 is 4.74 Å². The third kappa shape index (κ3) is 4.07. The van der Waals surface area contributed by atoms with Gasteiger partial charge in [0.2, 0.25) is 0 Å². The van der Waals surface area contributed by atoms with Gasteiger partial charge >= 0.3 is 0 Å². The molecule has 0 radical (unpaired) electrons. The lowest BCUT2D eigenvalue weighted by Crippen LogP contribution is -2.26. The van der Waals surface area contributed by atoms with Crippen LogP contribution in [0, 0.1) is 0 Å². The highest BCUT2D eigenvalue weighted by Crippen LogP contribution is 2.35. The SMILES string of the molecule is CCCN(CCC)c1cc(Nc2ccc(OC)cc2Cl)nc2c1CCC2. The monoisotopic (exact) mass is 373 g/mol. The minimum Gasteiger partial charge on any atom is -0.497 e. The Morgan fingerprint density at radius 2 is 1.92 bits per heavy atom. The Morgan fingerprint density at radius 1 is 1.15 bits per heavy atom. The molecular weight excluding hydrogens is 346 g/mol. The van der Waals surface area contributed by atoms with Crippen LogP contribution in [-0.2, 0) is 12.8 Å². The van der Waals surface area contributed by atoms with E-state index in [1.165, 1.54) is 23.4 Å². The molecule has 3 rings (SSSR count). The number of aromatic nitrogens is 1. The first-order valence-electron chi connectivity index (χ1n) is 9.54. The summed E-state index contributed by atoms with van der Waals surface area (Å²) in [6, 6.07) is 7.85. The van der Waals surface area contributed by atoms with Crippen molar-refractivity contribution in [2.24, 2.45) is 0 Å². The fraction of sp³-hybridized carbons (Fsp3) is 0.476. The third-order valence-corrected chi connectivity index (χ3v) is 5.11. The number of methoxy groups -OCH3 is 1. The van der Waals surface area contributed by atoms with Gasteiger partial charge < -0.3 is 15.0 Å². The maximum atomic E-state index is 6.40. The molecular formula is C21H28ClN3O. The van der Waals surface area contributed by atoms with E-state index in [0.29, 0.717) is 5.02 Å². The molecule has 2 aromatic rings. The number of hydrogen-bond acceptors (Lipinski definition) is 4. The van der Waals surface area contributed by atoms with Gasteiger partial charge in [-0.1, -0.05) is 25.4 Å². The molecule has 0 saturated carbocycles. The van der Waals surface area contributed by atoms with Crippen LogP contribution in [0.2, 0.25) is 5.02 Å². The number of nitrogens with one attached hydrogen (secondary N) is 1. The molecule has 0 bridgehead atoms. The molecule has 1 N–H and O–H groups in total. The average molecular weight is 374 g/mol. The predicted molar refractivity (Wildman–Crippen MR) is 110 cm³/mol. The minimum absolute atomic E-state index is 0.632. The quantitative estimate of drug-likeness (QED) is 0.653. The summed E-state index contributed by atoms with van der Waals surface area (Å²) in [6.07, 6.45) is 5.66. The highest BCUT2D eigenvalue weighted by Gasteiger charge is 2.21. The zero-order valence-corrected chi connectivity index (χ0v) is 16.7. The Bertz CT molecular complexity index is 757. The van der Waals surface area contributed by atoms with Crippen LogP contribution >= 0.6 is 11.6 Å². The number of anilines is 3. The lowest BCUT2D eigenvalue weighted by molar-refractivity contribution is 0.415. The predicted octanol–water partition coefficient (Wildman–Crippen LogP) is 5.60. The summed E-state index contributed by atoms with van der Waals surface area (Å²) in [5, 5.41) is 4.04. The van der Waals surface area contributed by atoms with Crippen molar-refractivity contribution in [3.8, 4) is 5.75 Å². The van der Waals surface area contributed by atoms with E-state index >= 15 is 0 Å². The molecule has 5 heteroatoms. The molecule has 0 fully saturated rings. The van der Waals surface area contributed by atoms with Crippen molar-refractivity contribution >= 4 is 28.8 Å². The Hall–Kier alpha value is -1.94. The zero-order valence-electron chi connectivity index (χ0n) is 15.9. The summed E-state index contributed by atoms with van der Waals surface area (Å²) in [7, 11) is 1.64. The summed E-state index contributed by atoms with van der Waals surface area (Å²) in [5.74, 6) is 1.62. The number of rotatable bonds is 8. The van der Waals surface area contributed by atoms with Gasteiger partial charge in [-0.15, -0.1) is 0 Å². The van der Waals surface area contributed by atoms with Crippen LogP contribution in [0.15, 0.2) is 24.3 Å². The molecule has 4 nitrogen and oxygen atoms in total. The summed E-state index contributed by atoms with van der Waals surface area (Å²) in [4.78, 5) is 7.37. The zero-order chi connectivity index (χ0) is 18.5. The number of aryl methyl sites for hydroxylation is 1. The van der Waals surface area contributed by atoms with E-state index < -0.39 is 0 Å². The number of ether oxygens (including phenoxy) is 1. The highest BCUT2D eigenvalue weighted by molar-refractivity contribution is 6.33. The molecule has 1 heterocycles. The molecule has 0 spiro atoms. The van der Waals surface area contributed by atoms with Crippen LogP contribution in [0.5, 0.6) is 5.75 Å². The second kappa shape index (κ2) is 8.63. The van der Waals surface area contributed by atoms with Crippen LogP contribution in [0.4, 0.5) is 17.2 Å². The molecule has 0 unspecified atom stereocenters. The topological polar surface area (TPSA) is 37.4 Å².